The first-order valence-corrected chi connectivity index (χ1v) is 14.3. The van der Waals surface area contributed by atoms with Crippen LogP contribution in [0.5, 0.6) is 0 Å². The van der Waals surface area contributed by atoms with Crippen LogP contribution >= 0.6 is 0 Å². The van der Waals surface area contributed by atoms with Gasteiger partial charge in [0, 0.05) is 5.92 Å². The molecule has 0 bridgehead atoms. The van der Waals surface area contributed by atoms with Crippen LogP contribution in [-0.2, 0) is 23.9 Å². The lowest BCUT2D eigenvalue weighted by molar-refractivity contribution is -0.155. The molecule has 0 aromatic heterocycles. The molecule has 2 amide bonds. The lowest BCUT2D eigenvalue weighted by Crippen LogP contribution is -2.54. The molecule has 2 rings (SSSR count). The van der Waals surface area contributed by atoms with Crippen molar-refractivity contribution >= 4 is 23.8 Å². The number of amides is 2. The van der Waals surface area contributed by atoms with Crippen LogP contribution in [0.4, 0.5) is 0 Å². The minimum atomic E-state index is -1.20. The molecule has 0 aliphatic carbocycles. The van der Waals surface area contributed by atoms with Gasteiger partial charge in [-0.05, 0) is 42.7 Å². The molecular weight excluding hydrogens is 522 g/mol. The van der Waals surface area contributed by atoms with Gasteiger partial charge in [-0.2, -0.15) is 0 Å². The average Bonchev–Trinajstić information content (AvgIpc) is 2.93. The van der Waals surface area contributed by atoms with E-state index in [0.29, 0.717) is 6.42 Å². The predicted molar refractivity (Wildman–Crippen MR) is 158 cm³/mol. The number of esters is 1. The highest BCUT2D eigenvalue weighted by atomic mass is 16.5. The quantitative estimate of drug-likeness (QED) is 0.224. The molecule has 5 N–H and O–H groups in total. The van der Waals surface area contributed by atoms with Gasteiger partial charge >= 0.3 is 11.9 Å². The number of carboxylic acids is 1. The zero-order valence-electron chi connectivity index (χ0n) is 24.7. The van der Waals surface area contributed by atoms with Crippen LogP contribution in [0.3, 0.4) is 0 Å². The summed E-state index contributed by atoms with van der Waals surface area (Å²) in [7, 11) is 0. The van der Waals surface area contributed by atoms with Crippen LogP contribution in [0, 0.1) is 11.8 Å². The Bertz CT molecular complexity index is 1090. The van der Waals surface area contributed by atoms with Gasteiger partial charge in [-0.25, -0.2) is 0 Å². The van der Waals surface area contributed by atoms with E-state index in [-0.39, 0.29) is 18.3 Å². The van der Waals surface area contributed by atoms with E-state index in [1.54, 1.807) is 0 Å². The van der Waals surface area contributed by atoms with Gasteiger partial charge in [-0.15, -0.1) is 0 Å². The number of carbonyl (C=O) groups excluding carboxylic acids is 3. The molecule has 0 aliphatic heterocycles. The minimum Gasteiger partial charge on any atom is -0.480 e. The van der Waals surface area contributed by atoms with Crippen LogP contribution in [0.1, 0.15) is 77.3 Å². The molecule has 41 heavy (non-hydrogen) atoms. The van der Waals surface area contributed by atoms with Crippen molar-refractivity contribution in [2.24, 2.45) is 17.6 Å². The van der Waals surface area contributed by atoms with E-state index in [2.05, 4.69) is 10.6 Å². The number of aliphatic carboxylic acids is 1. The maximum atomic E-state index is 13.6. The molecule has 0 saturated heterocycles. The van der Waals surface area contributed by atoms with Crippen molar-refractivity contribution in [3.05, 3.63) is 71.8 Å². The van der Waals surface area contributed by atoms with Gasteiger partial charge in [0.15, 0.2) is 0 Å². The monoisotopic (exact) mass is 567 g/mol. The number of nitrogens with two attached hydrogens (primary N) is 1. The van der Waals surface area contributed by atoms with E-state index in [1.807, 2.05) is 88.4 Å². The average molecular weight is 568 g/mol. The molecule has 5 atom stereocenters. The Morgan fingerprint density at radius 3 is 1.88 bits per heavy atom. The van der Waals surface area contributed by atoms with Crippen LogP contribution in [0.15, 0.2) is 60.7 Å². The Hall–Kier alpha value is -3.72. The van der Waals surface area contributed by atoms with Gasteiger partial charge in [-0.3, -0.25) is 19.2 Å². The summed E-state index contributed by atoms with van der Waals surface area (Å²) in [5, 5.41) is 14.8. The van der Waals surface area contributed by atoms with Crippen molar-refractivity contribution in [1.29, 1.82) is 0 Å². The summed E-state index contributed by atoms with van der Waals surface area (Å²) in [6.45, 7) is 9.21. The third kappa shape index (κ3) is 10.6. The first-order valence-electron chi connectivity index (χ1n) is 14.3. The number of nitrogens with one attached hydrogen (secondary N) is 2. The molecule has 2 aromatic carbocycles. The summed E-state index contributed by atoms with van der Waals surface area (Å²) >= 11 is 0. The molecule has 0 fully saturated rings. The summed E-state index contributed by atoms with van der Waals surface area (Å²) in [5.74, 6) is -3.43. The fourth-order valence-corrected chi connectivity index (χ4v) is 4.82. The predicted octanol–water partition coefficient (Wildman–Crippen LogP) is 4.00. The molecule has 0 radical (unpaired) electrons. The second-order valence-electron chi connectivity index (χ2n) is 11.1. The highest BCUT2D eigenvalue weighted by Gasteiger charge is 2.35. The zero-order valence-corrected chi connectivity index (χ0v) is 24.7. The summed E-state index contributed by atoms with van der Waals surface area (Å²) in [4.78, 5) is 51.5. The van der Waals surface area contributed by atoms with Gasteiger partial charge in [0.1, 0.15) is 24.2 Å². The second kappa shape index (κ2) is 16.5. The van der Waals surface area contributed by atoms with Crippen LogP contribution in [-0.4, -0.2) is 53.1 Å². The number of hydrogen-bond donors (Lipinski definition) is 4. The van der Waals surface area contributed by atoms with Crippen molar-refractivity contribution in [1.82, 2.24) is 10.6 Å². The van der Waals surface area contributed by atoms with Gasteiger partial charge in [-0.1, -0.05) is 94.8 Å². The van der Waals surface area contributed by atoms with Gasteiger partial charge in [0.2, 0.25) is 11.8 Å². The molecule has 2 aromatic rings. The molecule has 0 aliphatic rings. The number of carboxylic acid groups (broad SMARTS) is 1. The van der Waals surface area contributed by atoms with Crippen molar-refractivity contribution < 1.29 is 29.0 Å². The number of benzene rings is 2. The first-order chi connectivity index (χ1) is 19.4. The standard InChI is InChI=1S/C32H45N3O6/c1-6-13-21(4)26(41-32(40)25(33)18-20(2)3)19-27(36)35-29(30(37)34-22(5)31(38)39)28(23-14-9-7-10-15-23)24-16-11-8-12-17-24/h7-12,14-17,20-22,25-26,28-29H,6,13,18-19,33H2,1-5H3,(H,34,37)(H,35,36)(H,38,39)/t21-,22+,25+,26-,29-/m0/s1. The Balaban J connectivity index is 2.41. The molecule has 0 spiro atoms. The summed E-state index contributed by atoms with van der Waals surface area (Å²) in [5.41, 5.74) is 7.59. The maximum Gasteiger partial charge on any atom is 0.325 e. The van der Waals surface area contributed by atoms with E-state index in [1.165, 1.54) is 6.92 Å². The molecule has 0 unspecified atom stereocenters. The first kappa shape index (κ1) is 33.5. The Labute approximate surface area is 243 Å². The highest BCUT2D eigenvalue weighted by molar-refractivity contribution is 5.91. The smallest absolute Gasteiger partial charge is 0.325 e. The molecule has 0 saturated carbocycles. The van der Waals surface area contributed by atoms with Crippen molar-refractivity contribution in [2.45, 2.75) is 90.4 Å². The van der Waals surface area contributed by atoms with E-state index >= 15 is 0 Å². The van der Waals surface area contributed by atoms with Crippen molar-refractivity contribution in [2.75, 3.05) is 0 Å². The van der Waals surface area contributed by atoms with E-state index in [4.69, 9.17) is 10.5 Å². The normalized spacial score (nSPS) is 14.9. The Kier molecular flexibility index (Phi) is 13.5. The minimum absolute atomic E-state index is 0.126. The van der Waals surface area contributed by atoms with E-state index in [9.17, 15) is 24.3 Å². The lowest BCUT2D eigenvalue weighted by Gasteiger charge is -2.30. The number of carbonyl (C=O) groups is 4. The van der Waals surface area contributed by atoms with Gasteiger partial charge in [0.25, 0.3) is 0 Å². The largest absolute Gasteiger partial charge is 0.480 e. The van der Waals surface area contributed by atoms with E-state index < -0.39 is 53.9 Å². The third-order valence-electron chi connectivity index (χ3n) is 7.04. The van der Waals surface area contributed by atoms with Gasteiger partial charge < -0.3 is 26.2 Å². The van der Waals surface area contributed by atoms with Crippen molar-refractivity contribution in [3.63, 3.8) is 0 Å². The number of ether oxygens (including phenoxy) is 1. The van der Waals surface area contributed by atoms with Crippen LogP contribution < -0.4 is 16.4 Å². The van der Waals surface area contributed by atoms with Crippen molar-refractivity contribution in [3.8, 4) is 0 Å². The molecule has 0 heterocycles. The lowest BCUT2D eigenvalue weighted by atomic mass is 9.84. The summed E-state index contributed by atoms with van der Waals surface area (Å²) in [6.07, 6.45) is 1.10. The summed E-state index contributed by atoms with van der Waals surface area (Å²) in [6, 6.07) is 15.4. The zero-order chi connectivity index (χ0) is 30.5. The summed E-state index contributed by atoms with van der Waals surface area (Å²) < 4.78 is 5.76. The second-order valence-corrected chi connectivity index (χ2v) is 11.1. The van der Waals surface area contributed by atoms with Crippen LogP contribution in [0.2, 0.25) is 0 Å². The third-order valence-corrected chi connectivity index (χ3v) is 7.04. The molecule has 224 valence electrons. The number of hydrogen-bond acceptors (Lipinski definition) is 6. The molecule has 9 heteroatoms. The van der Waals surface area contributed by atoms with Gasteiger partial charge in [0.05, 0.1) is 6.42 Å². The van der Waals surface area contributed by atoms with E-state index in [0.717, 1.165) is 24.0 Å². The Morgan fingerprint density at radius 1 is 0.878 bits per heavy atom. The molecular formula is C32H45N3O6. The molecule has 9 nitrogen and oxygen atoms in total. The topological polar surface area (TPSA) is 148 Å². The Morgan fingerprint density at radius 2 is 1.41 bits per heavy atom. The SMILES string of the molecule is CCC[C@H](C)[C@H](CC(=O)N[C@H](C(=O)N[C@H](C)C(=O)O)C(c1ccccc1)c1ccccc1)OC(=O)[C@H](N)CC(C)C. The fraction of sp³-hybridized carbons (Fsp3) is 0.500. The number of rotatable bonds is 16. The fourth-order valence-electron chi connectivity index (χ4n) is 4.82. The highest BCUT2D eigenvalue weighted by Crippen LogP contribution is 2.29. The van der Waals surface area contributed by atoms with Crippen LogP contribution in [0.25, 0.3) is 0 Å². The maximum absolute atomic E-state index is 13.6.